The molecule has 0 aliphatic rings. The molecule has 0 aliphatic carbocycles. The summed E-state index contributed by atoms with van der Waals surface area (Å²) in [5.41, 5.74) is 3.98. The first-order chi connectivity index (χ1) is 28.2. The number of nitrogens with zero attached hydrogens (tertiary/aromatic N) is 3. The summed E-state index contributed by atoms with van der Waals surface area (Å²) in [5.74, 6) is -6.13. The number of amides is 4. The fourth-order valence-electron chi connectivity index (χ4n) is 6.80. The molecule has 0 bridgehead atoms. The van der Waals surface area contributed by atoms with E-state index >= 15 is 0 Å². The van der Waals surface area contributed by atoms with Gasteiger partial charge in [-0.15, -0.1) is 22.7 Å². The Labute approximate surface area is 343 Å². The van der Waals surface area contributed by atoms with Crippen molar-refractivity contribution in [2.75, 3.05) is 23.9 Å². The molecule has 0 radical (unpaired) electrons. The summed E-state index contributed by atoms with van der Waals surface area (Å²) < 4.78 is 59.0. The van der Waals surface area contributed by atoms with Crippen molar-refractivity contribution in [3.63, 3.8) is 0 Å². The molecule has 5 aromatic carbocycles. The Bertz CT molecular complexity index is 2530. The lowest BCUT2D eigenvalue weighted by atomic mass is 10.0. The fraction of sp³-hybridized carbons (Fsp3) is 0.159. The SMILES string of the molecule is Cc1cc(C(=O)N[C@@H](Cc2cc(F)cc(F)c2)C(=O)N(C)c2ccc3sccc3c2)cc(C(=O)N[C@@H](Cc2cc(F)cc(F)c2)C(=O)N(C)c2ccc3scnc3c2)c1. The van der Waals surface area contributed by atoms with Crippen LogP contribution >= 0.6 is 22.7 Å². The van der Waals surface area contributed by atoms with E-state index < -0.39 is 59.0 Å². The van der Waals surface area contributed by atoms with E-state index in [1.807, 2.05) is 23.6 Å². The third-order valence-corrected chi connectivity index (χ3v) is 11.4. The van der Waals surface area contributed by atoms with Crippen LogP contribution in [-0.2, 0) is 22.4 Å². The highest BCUT2D eigenvalue weighted by molar-refractivity contribution is 7.17. The van der Waals surface area contributed by atoms with Gasteiger partial charge in [0.05, 0.1) is 15.7 Å². The molecule has 7 rings (SSSR count). The molecule has 2 aromatic heterocycles. The number of hydrogen-bond acceptors (Lipinski definition) is 7. The molecule has 0 saturated carbocycles. The van der Waals surface area contributed by atoms with E-state index in [9.17, 15) is 36.7 Å². The number of thiophene rings is 1. The maximum atomic E-state index is 14.3. The number of carbonyl (C=O) groups excluding carboxylic acids is 4. The fourth-order valence-corrected chi connectivity index (χ4v) is 8.23. The zero-order valence-corrected chi connectivity index (χ0v) is 33.4. The molecule has 7 aromatic rings. The maximum absolute atomic E-state index is 14.3. The zero-order chi connectivity index (χ0) is 42.0. The number of nitrogens with one attached hydrogen (secondary N) is 2. The molecule has 0 spiro atoms. The molecule has 15 heteroatoms. The lowest BCUT2D eigenvalue weighted by Gasteiger charge is -2.26. The Morgan fingerprint density at radius 2 is 1.10 bits per heavy atom. The summed E-state index contributed by atoms with van der Waals surface area (Å²) in [6.07, 6.45) is -0.546. The van der Waals surface area contributed by atoms with Gasteiger partial charge >= 0.3 is 0 Å². The van der Waals surface area contributed by atoms with Crippen LogP contribution in [0.15, 0.2) is 108 Å². The minimum Gasteiger partial charge on any atom is -0.340 e. The lowest BCUT2D eigenvalue weighted by Crippen LogP contribution is -2.49. The quantitative estimate of drug-likeness (QED) is 0.120. The number of fused-ring (bicyclic) bond motifs is 2. The van der Waals surface area contributed by atoms with Crippen LogP contribution in [0.5, 0.6) is 0 Å². The minimum atomic E-state index is -1.32. The first kappa shape index (κ1) is 40.7. The third kappa shape index (κ3) is 9.48. The number of benzene rings is 5. The number of likely N-dealkylation sites (N-methyl/N-ethyl adjacent to an activating group) is 2. The summed E-state index contributed by atoms with van der Waals surface area (Å²) >= 11 is 2.96. The molecule has 0 saturated heterocycles. The average Bonchev–Trinajstić information content (AvgIpc) is 3.87. The van der Waals surface area contributed by atoms with E-state index in [0.29, 0.717) is 34.6 Å². The van der Waals surface area contributed by atoms with E-state index in [1.54, 1.807) is 36.7 Å². The first-order valence-corrected chi connectivity index (χ1v) is 20.0. The van der Waals surface area contributed by atoms with Gasteiger partial charge in [0.15, 0.2) is 0 Å². The van der Waals surface area contributed by atoms with Crippen LogP contribution in [0.2, 0.25) is 0 Å². The first-order valence-electron chi connectivity index (χ1n) is 18.2. The molecule has 2 heterocycles. The Morgan fingerprint density at radius 1 is 0.610 bits per heavy atom. The molecule has 59 heavy (non-hydrogen) atoms. The number of carbonyl (C=O) groups is 4. The molecule has 0 unspecified atom stereocenters. The van der Waals surface area contributed by atoms with Gasteiger partial charge in [0.1, 0.15) is 35.4 Å². The van der Waals surface area contributed by atoms with Crippen molar-refractivity contribution in [1.29, 1.82) is 0 Å². The molecule has 9 nitrogen and oxygen atoms in total. The van der Waals surface area contributed by atoms with Crippen LogP contribution in [0, 0.1) is 30.2 Å². The maximum Gasteiger partial charge on any atom is 0.251 e. The Morgan fingerprint density at radius 3 is 1.63 bits per heavy atom. The Kier molecular flexibility index (Phi) is 11.9. The van der Waals surface area contributed by atoms with Crippen LogP contribution in [0.1, 0.15) is 37.4 Å². The monoisotopic (exact) mass is 837 g/mol. The molecule has 2 N–H and O–H groups in total. The van der Waals surface area contributed by atoms with Crippen molar-refractivity contribution >= 4 is 78.0 Å². The molecule has 0 fully saturated rings. The number of aryl methyl sites for hydroxylation is 1. The predicted molar refractivity (Wildman–Crippen MR) is 222 cm³/mol. The highest BCUT2D eigenvalue weighted by Crippen LogP contribution is 2.27. The predicted octanol–water partition coefficient (Wildman–Crippen LogP) is 8.38. The molecular weight excluding hydrogens is 803 g/mol. The molecule has 2 atom stereocenters. The zero-order valence-electron chi connectivity index (χ0n) is 31.8. The number of rotatable bonds is 12. The number of anilines is 2. The second-order valence-corrected chi connectivity index (χ2v) is 15.9. The summed E-state index contributed by atoms with van der Waals surface area (Å²) in [5, 5.41) is 8.21. The molecule has 0 aliphatic heterocycles. The van der Waals surface area contributed by atoms with E-state index in [1.165, 1.54) is 64.8 Å². The van der Waals surface area contributed by atoms with Crippen molar-refractivity contribution in [2.24, 2.45) is 0 Å². The van der Waals surface area contributed by atoms with Gasteiger partial charge in [-0.25, -0.2) is 22.5 Å². The number of aromatic nitrogens is 1. The van der Waals surface area contributed by atoms with Gasteiger partial charge < -0.3 is 20.4 Å². The molecular formula is C44H35F4N5O4S2. The number of hydrogen-bond donors (Lipinski definition) is 2. The number of halogens is 4. The molecule has 300 valence electrons. The smallest absolute Gasteiger partial charge is 0.251 e. The van der Waals surface area contributed by atoms with Crippen molar-refractivity contribution in [2.45, 2.75) is 31.8 Å². The van der Waals surface area contributed by atoms with Crippen LogP contribution in [0.3, 0.4) is 0 Å². The summed E-state index contributed by atoms with van der Waals surface area (Å²) in [6, 6.07) is 19.9. The van der Waals surface area contributed by atoms with Crippen LogP contribution in [0.25, 0.3) is 20.3 Å². The third-order valence-electron chi connectivity index (χ3n) is 9.72. The second-order valence-electron chi connectivity index (χ2n) is 14.0. The Balaban J connectivity index is 1.15. The summed E-state index contributed by atoms with van der Waals surface area (Å²) in [4.78, 5) is 63.0. The Hall–Kier alpha value is -6.45. The van der Waals surface area contributed by atoms with E-state index in [0.717, 1.165) is 39.1 Å². The van der Waals surface area contributed by atoms with Gasteiger partial charge in [-0.1, -0.05) is 0 Å². The second kappa shape index (κ2) is 17.2. The van der Waals surface area contributed by atoms with Gasteiger partial charge in [-0.2, -0.15) is 0 Å². The highest BCUT2D eigenvalue weighted by Gasteiger charge is 2.29. The summed E-state index contributed by atoms with van der Waals surface area (Å²) in [6.45, 7) is 1.64. The van der Waals surface area contributed by atoms with Gasteiger partial charge in [0.25, 0.3) is 11.8 Å². The van der Waals surface area contributed by atoms with Gasteiger partial charge in [0, 0.05) is 66.3 Å². The van der Waals surface area contributed by atoms with Crippen LogP contribution < -0.4 is 20.4 Å². The van der Waals surface area contributed by atoms with E-state index in [-0.39, 0.29) is 35.1 Å². The molecule has 4 amide bonds. The van der Waals surface area contributed by atoms with Crippen molar-refractivity contribution in [3.05, 3.63) is 159 Å². The van der Waals surface area contributed by atoms with Gasteiger partial charge in [-0.05, 0) is 119 Å². The summed E-state index contributed by atoms with van der Waals surface area (Å²) in [7, 11) is 3.03. The standard InChI is InChI=1S/C44H35F4N5O4S2/c1-24-10-28(41(54)50-37(16-25-12-30(45)20-31(46)13-25)43(56)52(2)34-4-6-39-27(19-34)8-9-58-39)18-29(11-24)42(55)51-38(17-26-14-32(47)21-33(48)15-26)44(57)53(3)35-5-7-40-36(22-35)49-23-59-40/h4-15,18-23,37-38H,16-17H2,1-3H3,(H,50,54)(H,51,55)/t37-,38-/m0/s1. The van der Waals surface area contributed by atoms with Crippen molar-refractivity contribution < 1.29 is 36.7 Å². The minimum absolute atomic E-state index is 0.0236. The lowest BCUT2D eigenvalue weighted by molar-refractivity contribution is -0.120. The van der Waals surface area contributed by atoms with Crippen LogP contribution in [-0.4, -0.2) is 54.8 Å². The normalized spacial score (nSPS) is 12.3. The van der Waals surface area contributed by atoms with Crippen molar-refractivity contribution in [1.82, 2.24) is 15.6 Å². The van der Waals surface area contributed by atoms with Crippen LogP contribution in [0.4, 0.5) is 28.9 Å². The van der Waals surface area contributed by atoms with Gasteiger partial charge in [-0.3, -0.25) is 19.2 Å². The topological polar surface area (TPSA) is 112 Å². The van der Waals surface area contributed by atoms with Crippen molar-refractivity contribution in [3.8, 4) is 0 Å². The van der Waals surface area contributed by atoms with Gasteiger partial charge in [0.2, 0.25) is 11.8 Å². The largest absolute Gasteiger partial charge is 0.340 e. The average molecular weight is 838 g/mol. The highest BCUT2D eigenvalue weighted by atomic mass is 32.1. The number of thiazole rings is 1. The van der Waals surface area contributed by atoms with E-state index in [4.69, 9.17) is 0 Å². The van der Waals surface area contributed by atoms with E-state index in [2.05, 4.69) is 15.6 Å².